The highest BCUT2D eigenvalue weighted by atomic mass is 16.2. The number of benzene rings is 1. The fourth-order valence-electron chi connectivity index (χ4n) is 2.73. The van der Waals surface area contributed by atoms with Crippen LogP contribution in [0.5, 0.6) is 0 Å². The maximum atomic E-state index is 12.4. The van der Waals surface area contributed by atoms with Crippen LogP contribution in [-0.2, 0) is 23.2 Å². The van der Waals surface area contributed by atoms with E-state index in [2.05, 4.69) is 10.3 Å². The maximum absolute atomic E-state index is 12.4. The number of nitrogens with zero attached hydrogens (tertiary/aromatic N) is 4. The van der Waals surface area contributed by atoms with Crippen molar-refractivity contribution in [2.45, 2.75) is 6.54 Å². The average molecular weight is 315 g/mol. The summed E-state index contributed by atoms with van der Waals surface area (Å²) in [6.45, 7) is 2.16. The van der Waals surface area contributed by atoms with E-state index in [1.165, 1.54) is 0 Å². The van der Waals surface area contributed by atoms with Gasteiger partial charge < -0.3 is 19.7 Å². The first-order chi connectivity index (χ1) is 11.1. The Hall–Kier alpha value is -2.41. The molecule has 2 amide bonds. The molecule has 1 aliphatic heterocycles. The molecule has 0 bridgehead atoms. The van der Waals surface area contributed by atoms with E-state index in [9.17, 15) is 9.59 Å². The standard InChI is InChI=1S/C16H21N5O2/c1-19(16(23)11-21-8-7-17-9-15(21)22)10-14-18-12-5-3-4-6-13(12)20(14)2/h3-6,17H,7-11H2,1-2H3. The third-order valence-electron chi connectivity index (χ3n) is 4.20. The maximum Gasteiger partial charge on any atom is 0.242 e. The second kappa shape index (κ2) is 6.37. The molecule has 1 aromatic carbocycles. The second-order valence-electron chi connectivity index (χ2n) is 5.82. The van der Waals surface area contributed by atoms with Gasteiger partial charge in [0.1, 0.15) is 5.82 Å². The number of nitrogens with one attached hydrogen (secondary N) is 1. The molecule has 1 aromatic heterocycles. The number of fused-ring (bicyclic) bond motifs is 1. The molecule has 0 saturated carbocycles. The molecule has 122 valence electrons. The van der Waals surface area contributed by atoms with Crippen LogP contribution in [0.2, 0.25) is 0 Å². The zero-order valence-electron chi connectivity index (χ0n) is 13.5. The van der Waals surface area contributed by atoms with Crippen molar-refractivity contribution in [2.75, 3.05) is 33.2 Å². The van der Waals surface area contributed by atoms with E-state index < -0.39 is 0 Å². The van der Waals surface area contributed by atoms with Gasteiger partial charge in [-0.2, -0.15) is 0 Å². The fraction of sp³-hybridized carbons (Fsp3) is 0.438. The van der Waals surface area contributed by atoms with Crippen molar-refractivity contribution in [3.05, 3.63) is 30.1 Å². The summed E-state index contributed by atoms with van der Waals surface area (Å²) in [5.41, 5.74) is 1.96. The summed E-state index contributed by atoms with van der Waals surface area (Å²) in [6, 6.07) is 7.88. The van der Waals surface area contributed by atoms with Crippen LogP contribution in [0.1, 0.15) is 5.82 Å². The molecule has 1 N–H and O–H groups in total. The van der Waals surface area contributed by atoms with E-state index in [0.717, 1.165) is 23.4 Å². The van der Waals surface area contributed by atoms with E-state index in [4.69, 9.17) is 0 Å². The predicted octanol–water partition coefficient (Wildman–Crippen LogP) is -0.0365. The number of carbonyl (C=O) groups is 2. The number of rotatable bonds is 4. The molecule has 1 fully saturated rings. The summed E-state index contributed by atoms with van der Waals surface area (Å²) in [4.78, 5) is 31.9. The zero-order valence-corrected chi connectivity index (χ0v) is 13.5. The van der Waals surface area contributed by atoms with E-state index >= 15 is 0 Å². The number of amides is 2. The molecular weight excluding hydrogens is 294 g/mol. The van der Waals surface area contributed by atoms with Crippen LogP contribution in [0.15, 0.2) is 24.3 Å². The van der Waals surface area contributed by atoms with Crippen molar-refractivity contribution in [3.63, 3.8) is 0 Å². The van der Waals surface area contributed by atoms with Gasteiger partial charge in [0.05, 0.1) is 30.7 Å². The minimum atomic E-state index is -0.0766. The Labute approximate surface area is 134 Å². The Morgan fingerprint density at radius 1 is 1.39 bits per heavy atom. The lowest BCUT2D eigenvalue weighted by Gasteiger charge is -2.28. The predicted molar refractivity (Wildman–Crippen MR) is 86.6 cm³/mol. The highest BCUT2D eigenvalue weighted by Crippen LogP contribution is 2.15. The van der Waals surface area contributed by atoms with Gasteiger partial charge in [-0.15, -0.1) is 0 Å². The van der Waals surface area contributed by atoms with Crippen molar-refractivity contribution in [3.8, 4) is 0 Å². The van der Waals surface area contributed by atoms with Crippen LogP contribution in [-0.4, -0.2) is 64.4 Å². The Morgan fingerprint density at radius 3 is 2.91 bits per heavy atom. The highest BCUT2D eigenvalue weighted by molar-refractivity contribution is 5.86. The topological polar surface area (TPSA) is 70.5 Å². The molecule has 23 heavy (non-hydrogen) atoms. The van der Waals surface area contributed by atoms with Crippen LogP contribution >= 0.6 is 0 Å². The highest BCUT2D eigenvalue weighted by Gasteiger charge is 2.22. The zero-order chi connectivity index (χ0) is 16.4. The largest absolute Gasteiger partial charge is 0.337 e. The molecule has 0 aliphatic carbocycles. The molecule has 0 atom stereocenters. The van der Waals surface area contributed by atoms with Gasteiger partial charge in [-0.05, 0) is 12.1 Å². The third kappa shape index (κ3) is 3.19. The lowest BCUT2D eigenvalue weighted by molar-refractivity contribution is -0.140. The lowest BCUT2D eigenvalue weighted by atomic mass is 10.3. The van der Waals surface area contributed by atoms with Gasteiger partial charge in [-0.25, -0.2) is 4.98 Å². The molecule has 0 spiro atoms. The van der Waals surface area contributed by atoms with E-state index in [-0.39, 0.29) is 18.4 Å². The van der Waals surface area contributed by atoms with Gasteiger partial charge in [0.2, 0.25) is 11.8 Å². The third-order valence-corrected chi connectivity index (χ3v) is 4.20. The lowest BCUT2D eigenvalue weighted by Crippen LogP contribution is -2.51. The van der Waals surface area contributed by atoms with Gasteiger partial charge in [0.15, 0.2) is 0 Å². The summed E-state index contributed by atoms with van der Waals surface area (Å²) in [5, 5.41) is 3.00. The summed E-state index contributed by atoms with van der Waals surface area (Å²) in [7, 11) is 3.69. The first-order valence-electron chi connectivity index (χ1n) is 7.69. The molecule has 7 heteroatoms. The van der Waals surface area contributed by atoms with E-state index in [1.54, 1.807) is 16.8 Å². The molecular formula is C16H21N5O2. The van der Waals surface area contributed by atoms with Gasteiger partial charge in [-0.3, -0.25) is 9.59 Å². The Balaban J connectivity index is 1.67. The molecule has 1 aliphatic rings. The number of aryl methyl sites for hydroxylation is 1. The van der Waals surface area contributed by atoms with Gasteiger partial charge in [0.25, 0.3) is 0 Å². The average Bonchev–Trinajstić information content (AvgIpc) is 2.86. The molecule has 2 aromatic rings. The molecule has 0 radical (unpaired) electrons. The fourth-order valence-corrected chi connectivity index (χ4v) is 2.73. The number of aromatic nitrogens is 2. The minimum Gasteiger partial charge on any atom is -0.337 e. The van der Waals surface area contributed by atoms with Crippen molar-refractivity contribution in [1.82, 2.24) is 24.7 Å². The van der Waals surface area contributed by atoms with Crippen LogP contribution in [0.4, 0.5) is 0 Å². The minimum absolute atomic E-state index is 0.0271. The van der Waals surface area contributed by atoms with E-state index in [0.29, 0.717) is 19.6 Å². The summed E-state index contributed by atoms with van der Waals surface area (Å²) in [5.74, 6) is 0.724. The van der Waals surface area contributed by atoms with Crippen molar-refractivity contribution in [2.24, 2.45) is 7.05 Å². The van der Waals surface area contributed by atoms with E-state index in [1.807, 2.05) is 35.9 Å². The first kappa shape index (κ1) is 15.5. The smallest absolute Gasteiger partial charge is 0.242 e. The molecule has 0 unspecified atom stereocenters. The Morgan fingerprint density at radius 2 is 2.17 bits per heavy atom. The molecule has 7 nitrogen and oxygen atoms in total. The Bertz CT molecular complexity index is 739. The second-order valence-corrected chi connectivity index (χ2v) is 5.82. The quantitative estimate of drug-likeness (QED) is 0.860. The van der Waals surface area contributed by atoms with Gasteiger partial charge in [-0.1, -0.05) is 12.1 Å². The molecule has 2 heterocycles. The number of imidazole rings is 1. The molecule has 3 rings (SSSR count). The van der Waals surface area contributed by atoms with Crippen molar-refractivity contribution >= 4 is 22.8 Å². The number of hydrogen-bond donors (Lipinski definition) is 1. The molecule has 1 saturated heterocycles. The van der Waals surface area contributed by atoms with Crippen LogP contribution in [0.25, 0.3) is 11.0 Å². The Kier molecular flexibility index (Phi) is 4.29. The number of likely N-dealkylation sites (N-methyl/N-ethyl adjacent to an activating group) is 1. The van der Waals surface area contributed by atoms with Gasteiger partial charge in [0, 0.05) is 27.2 Å². The van der Waals surface area contributed by atoms with Crippen LogP contribution < -0.4 is 5.32 Å². The van der Waals surface area contributed by atoms with Crippen LogP contribution in [0.3, 0.4) is 0 Å². The van der Waals surface area contributed by atoms with Crippen molar-refractivity contribution < 1.29 is 9.59 Å². The number of carbonyl (C=O) groups excluding carboxylic acids is 2. The summed E-state index contributed by atoms with van der Waals surface area (Å²) < 4.78 is 2.00. The van der Waals surface area contributed by atoms with Gasteiger partial charge >= 0.3 is 0 Å². The van der Waals surface area contributed by atoms with Crippen molar-refractivity contribution in [1.29, 1.82) is 0 Å². The number of para-hydroxylation sites is 2. The normalized spacial score (nSPS) is 15.2. The SMILES string of the molecule is CN(Cc1nc2ccccc2n1C)C(=O)CN1CCNCC1=O. The van der Waals surface area contributed by atoms with Crippen LogP contribution in [0, 0.1) is 0 Å². The summed E-state index contributed by atoms with van der Waals surface area (Å²) >= 11 is 0. The monoisotopic (exact) mass is 315 g/mol. The number of piperazine rings is 1. The first-order valence-corrected chi connectivity index (χ1v) is 7.69. The number of hydrogen-bond acceptors (Lipinski definition) is 4. The summed E-state index contributed by atoms with van der Waals surface area (Å²) in [6.07, 6.45) is 0.